The minimum absolute atomic E-state index is 0.735. The Balaban J connectivity index is 1.82. The first-order chi connectivity index (χ1) is 7.45. The van der Waals surface area contributed by atoms with Crippen LogP contribution in [0.15, 0.2) is 12.5 Å². The van der Waals surface area contributed by atoms with E-state index in [0.717, 1.165) is 12.0 Å². The van der Waals surface area contributed by atoms with Crippen molar-refractivity contribution in [3.8, 4) is 0 Å². The van der Waals surface area contributed by atoms with Crippen LogP contribution in [0, 0.1) is 5.92 Å². The first-order valence-corrected chi connectivity index (χ1v) is 6.16. The van der Waals surface area contributed by atoms with Crippen molar-refractivity contribution < 1.29 is 0 Å². The van der Waals surface area contributed by atoms with Crippen molar-refractivity contribution in [3.05, 3.63) is 18.2 Å². The molecule has 1 aromatic rings. The van der Waals surface area contributed by atoms with E-state index < -0.39 is 0 Å². The SMILES string of the molecule is c1ncn2c1CCCC2C1CCNCC1. The molecule has 3 nitrogen and oxygen atoms in total. The summed E-state index contributed by atoms with van der Waals surface area (Å²) >= 11 is 0. The minimum Gasteiger partial charge on any atom is -0.331 e. The molecule has 0 aliphatic carbocycles. The summed E-state index contributed by atoms with van der Waals surface area (Å²) in [4.78, 5) is 4.30. The Bertz CT molecular complexity index is 325. The highest BCUT2D eigenvalue weighted by Gasteiger charge is 2.28. The second-order valence-electron chi connectivity index (χ2n) is 4.84. The largest absolute Gasteiger partial charge is 0.331 e. The molecule has 0 spiro atoms. The predicted octanol–water partition coefficient (Wildman–Crippen LogP) is 1.76. The van der Waals surface area contributed by atoms with Gasteiger partial charge in [-0.1, -0.05) is 0 Å². The van der Waals surface area contributed by atoms with Crippen molar-refractivity contribution >= 4 is 0 Å². The van der Waals surface area contributed by atoms with Crippen molar-refractivity contribution in [3.63, 3.8) is 0 Å². The number of rotatable bonds is 1. The van der Waals surface area contributed by atoms with Crippen LogP contribution in [0.4, 0.5) is 0 Å². The smallest absolute Gasteiger partial charge is 0.0950 e. The molecule has 3 heteroatoms. The Hall–Kier alpha value is -0.830. The number of imidazole rings is 1. The maximum Gasteiger partial charge on any atom is 0.0950 e. The fourth-order valence-corrected chi connectivity index (χ4v) is 3.15. The molecule has 0 bridgehead atoms. The lowest BCUT2D eigenvalue weighted by molar-refractivity contribution is 0.227. The zero-order chi connectivity index (χ0) is 10.1. The Morgan fingerprint density at radius 2 is 2.13 bits per heavy atom. The van der Waals surface area contributed by atoms with Gasteiger partial charge in [0.25, 0.3) is 0 Å². The number of fused-ring (bicyclic) bond motifs is 1. The van der Waals surface area contributed by atoms with Gasteiger partial charge in [-0.3, -0.25) is 0 Å². The van der Waals surface area contributed by atoms with E-state index in [1.807, 2.05) is 12.5 Å². The molecular formula is C12H19N3. The fraction of sp³-hybridized carbons (Fsp3) is 0.750. The van der Waals surface area contributed by atoms with Crippen LogP contribution in [0.5, 0.6) is 0 Å². The van der Waals surface area contributed by atoms with Gasteiger partial charge in [0, 0.05) is 17.9 Å². The van der Waals surface area contributed by atoms with Crippen molar-refractivity contribution in [2.24, 2.45) is 5.92 Å². The fourth-order valence-electron chi connectivity index (χ4n) is 3.15. The second-order valence-corrected chi connectivity index (χ2v) is 4.84. The molecule has 0 aromatic carbocycles. The molecule has 2 aliphatic heterocycles. The van der Waals surface area contributed by atoms with E-state index in [2.05, 4.69) is 14.9 Å². The van der Waals surface area contributed by atoms with Crippen LogP contribution in [0.3, 0.4) is 0 Å². The number of nitrogens with zero attached hydrogens (tertiary/aromatic N) is 2. The van der Waals surface area contributed by atoms with Crippen LogP contribution in [-0.2, 0) is 6.42 Å². The Morgan fingerprint density at radius 3 is 3.00 bits per heavy atom. The topological polar surface area (TPSA) is 29.9 Å². The Kier molecular flexibility index (Phi) is 2.49. The van der Waals surface area contributed by atoms with E-state index in [1.165, 1.54) is 50.9 Å². The van der Waals surface area contributed by atoms with Crippen LogP contribution >= 0.6 is 0 Å². The van der Waals surface area contributed by atoms with Gasteiger partial charge < -0.3 is 9.88 Å². The Labute approximate surface area is 90.9 Å². The summed E-state index contributed by atoms with van der Waals surface area (Å²) in [5.41, 5.74) is 1.45. The molecule has 1 atom stereocenters. The number of aryl methyl sites for hydroxylation is 1. The van der Waals surface area contributed by atoms with E-state index in [1.54, 1.807) is 0 Å². The third-order valence-electron chi connectivity index (χ3n) is 3.96. The van der Waals surface area contributed by atoms with Crippen LogP contribution in [0.1, 0.15) is 37.4 Å². The van der Waals surface area contributed by atoms with Gasteiger partial charge >= 0.3 is 0 Å². The van der Waals surface area contributed by atoms with Crippen molar-refractivity contribution in [1.29, 1.82) is 0 Å². The second kappa shape index (κ2) is 3.97. The van der Waals surface area contributed by atoms with Crippen LogP contribution in [0.25, 0.3) is 0 Å². The third kappa shape index (κ3) is 1.69. The van der Waals surface area contributed by atoms with Gasteiger partial charge in [0.2, 0.25) is 0 Å². The van der Waals surface area contributed by atoms with E-state index in [9.17, 15) is 0 Å². The molecule has 2 aliphatic rings. The van der Waals surface area contributed by atoms with E-state index in [4.69, 9.17) is 0 Å². The first-order valence-electron chi connectivity index (χ1n) is 6.16. The van der Waals surface area contributed by atoms with Crippen LogP contribution in [-0.4, -0.2) is 22.6 Å². The molecule has 3 rings (SSSR count). The van der Waals surface area contributed by atoms with E-state index >= 15 is 0 Å². The molecular weight excluding hydrogens is 186 g/mol. The molecule has 1 N–H and O–H groups in total. The molecule has 1 saturated heterocycles. The lowest BCUT2D eigenvalue weighted by Gasteiger charge is -2.35. The van der Waals surface area contributed by atoms with Crippen LogP contribution < -0.4 is 5.32 Å². The highest BCUT2D eigenvalue weighted by atomic mass is 15.1. The van der Waals surface area contributed by atoms with Gasteiger partial charge in [-0.25, -0.2) is 4.98 Å². The van der Waals surface area contributed by atoms with Gasteiger partial charge in [0.15, 0.2) is 0 Å². The lowest BCUT2D eigenvalue weighted by atomic mass is 9.85. The maximum atomic E-state index is 4.30. The lowest BCUT2D eigenvalue weighted by Crippen LogP contribution is -2.34. The quantitative estimate of drug-likeness (QED) is 0.757. The summed E-state index contributed by atoms with van der Waals surface area (Å²) in [6, 6.07) is 0.735. The van der Waals surface area contributed by atoms with Crippen molar-refractivity contribution in [1.82, 2.24) is 14.9 Å². The van der Waals surface area contributed by atoms with E-state index in [-0.39, 0.29) is 0 Å². The summed E-state index contributed by atoms with van der Waals surface area (Å²) in [5, 5.41) is 3.45. The summed E-state index contributed by atoms with van der Waals surface area (Å²) < 4.78 is 2.44. The highest BCUT2D eigenvalue weighted by Crippen LogP contribution is 2.34. The highest BCUT2D eigenvalue weighted by molar-refractivity contribution is 5.05. The average Bonchev–Trinajstić information content (AvgIpc) is 2.78. The molecule has 0 amide bonds. The number of hydrogen-bond acceptors (Lipinski definition) is 2. The monoisotopic (exact) mass is 205 g/mol. The first kappa shape index (κ1) is 9.40. The number of nitrogens with one attached hydrogen (secondary N) is 1. The molecule has 0 saturated carbocycles. The molecule has 0 radical (unpaired) electrons. The van der Waals surface area contributed by atoms with Crippen LogP contribution in [0.2, 0.25) is 0 Å². The Morgan fingerprint density at radius 1 is 1.27 bits per heavy atom. The zero-order valence-electron chi connectivity index (χ0n) is 9.15. The van der Waals surface area contributed by atoms with Gasteiger partial charge in [0.05, 0.1) is 6.33 Å². The number of aromatic nitrogens is 2. The molecule has 15 heavy (non-hydrogen) atoms. The standard InChI is InChI=1S/C12H19N3/c1-2-11-8-14-9-15(11)12(3-1)10-4-6-13-7-5-10/h8-10,12-13H,1-7H2. The summed E-state index contributed by atoms with van der Waals surface area (Å²) in [5.74, 6) is 0.875. The van der Waals surface area contributed by atoms with Gasteiger partial charge in [-0.2, -0.15) is 0 Å². The summed E-state index contributed by atoms with van der Waals surface area (Å²) in [7, 11) is 0. The molecule has 1 unspecified atom stereocenters. The van der Waals surface area contributed by atoms with Gasteiger partial charge in [0.1, 0.15) is 0 Å². The van der Waals surface area contributed by atoms with E-state index in [0.29, 0.717) is 0 Å². The normalized spacial score (nSPS) is 27.6. The maximum absolute atomic E-state index is 4.30. The van der Waals surface area contributed by atoms with Gasteiger partial charge in [-0.15, -0.1) is 0 Å². The van der Waals surface area contributed by atoms with Gasteiger partial charge in [-0.05, 0) is 51.1 Å². The number of piperidine rings is 1. The van der Waals surface area contributed by atoms with Crippen molar-refractivity contribution in [2.45, 2.75) is 38.1 Å². The molecule has 1 fully saturated rings. The molecule has 82 valence electrons. The molecule has 3 heterocycles. The summed E-state index contributed by atoms with van der Waals surface area (Å²) in [6.07, 6.45) is 10.7. The average molecular weight is 205 g/mol. The zero-order valence-corrected chi connectivity index (χ0v) is 9.15. The number of hydrogen-bond donors (Lipinski definition) is 1. The minimum atomic E-state index is 0.735. The predicted molar refractivity (Wildman–Crippen MR) is 59.8 cm³/mol. The summed E-state index contributed by atoms with van der Waals surface area (Å²) in [6.45, 7) is 2.40. The van der Waals surface area contributed by atoms with Crippen molar-refractivity contribution in [2.75, 3.05) is 13.1 Å². The molecule has 1 aromatic heterocycles. The third-order valence-corrected chi connectivity index (χ3v) is 3.96.